The number of halogens is 2. The van der Waals surface area contributed by atoms with Crippen LogP contribution >= 0.6 is 43.2 Å². The van der Waals surface area contributed by atoms with E-state index in [-0.39, 0.29) is 6.04 Å². The lowest BCUT2D eigenvalue weighted by Gasteiger charge is -2.09. The van der Waals surface area contributed by atoms with Gasteiger partial charge in [0, 0.05) is 15.8 Å². The third-order valence-corrected chi connectivity index (χ3v) is 4.90. The first-order valence-corrected chi connectivity index (χ1v) is 5.93. The van der Waals surface area contributed by atoms with Crippen molar-refractivity contribution in [3.05, 3.63) is 19.2 Å². The summed E-state index contributed by atoms with van der Waals surface area (Å²) in [5.41, 5.74) is 2.69. The Balaban J connectivity index is 2.86. The molecule has 3 N–H and O–H groups in total. The summed E-state index contributed by atoms with van der Waals surface area (Å²) >= 11 is 8.44. The van der Waals surface area contributed by atoms with Crippen molar-refractivity contribution in [2.24, 2.45) is 5.84 Å². The Morgan fingerprint density at radius 1 is 1.69 bits per heavy atom. The molecule has 1 heterocycles. The Labute approximate surface area is 98.1 Å². The van der Waals surface area contributed by atoms with Crippen LogP contribution in [0.25, 0.3) is 0 Å². The molecule has 0 saturated heterocycles. The van der Waals surface area contributed by atoms with E-state index in [9.17, 15) is 0 Å². The van der Waals surface area contributed by atoms with Gasteiger partial charge in [-0.2, -0.15) is 0 Å². The van der Waals surface area contributed by atoms with Gasteiger partial charge < -0.3 is 0 Å². The van der Waals surface area contributed by atoms with E-state index in [2.05, 4.69) is 43.2 Å². The minimum absolute atomic E-state index is 0.0394. The van der Waals surface area contributed by atoms with Crippen molar-refractivity contribution in [1.29, 1.82) is 0 Å². The fourth-order valence-electron chi connectivity index (χ4n) is 0.895. The summed E-state index contributed by atoms with van der Waals surface area (Å²) in [4.78, 5) is 1.12. The van der Waals surface area contributed by atoms with Crippen LogP contribution in [0.15, 0.2) is 14.3 Å². The lowest BCUT2D eigenvalue weighted by Crippen LogP contribution is -2.26. The molecule has 1 atom stereocenters. The number of thiophene rings is 1. The van der Waals surface area contributed by atoms with Crippen molar-refractivity contribution in [3.63, 3.8) is 0 Å². The molecule has 0 fully saturated rings. The molecule has 0 radical (unpaired) electrons. The standard InChI is InChI=1S/C8H8Br2N2S/c1-2-3-6(12-11)7-4-5(9)8(10)13-7/h1,4,6,12H,3,11H2. The maximum Gasteiger partial charge on any atom is 0.0843 e. The predicted molar refractivity (Wildman–Crippen MR) is 63.2 cm³/mol. The first kappa shape index (κ1) is 11.2. The summed E-state index contributed by atoms with van der Waals surface area (Å²) in [7, 11) is 0. The molecule has 5 heteroatoms. The molecule has 1 rings (SSSR count). The number of hydrogen-bond donors (Lipinski definition) is 2. The molecule has 0 aliphatic rings. The fraction of sp³-hybridized carbons (Fsp3) is 0.250. The minimum Gasteiger partial charge on any atom is -0.271 e. The van der Waals surface area contributed by atoms with Gasteiger partial charge in [0.25, 0.3) is 0 Å². The van der Waals surface area contributed by atoms with Crippen molar-refractivity contribution in [3.8, 4) is 12.3 Å². The molecule has 0 aromatic carbocycles. The van der Waals surface area contributed by atoms with Gasteiger partial charge in [0.1, 0.15) is 0 Å². The highest BCUT2D eigenvalue weighted by atomic mass is 79.9. The summed E-state index contributed by atoms with van der Waals surface area (Å²) in [6.07, 6.45) is 5.82. The molecule has 13 heavy (non-hydrogen) atoms. The van der Waals surface area contributed by atoms with Crippen LogP contribution in [0.1, 0.15) is 17.3 Å². The molecule has 1 aromatic rings. The molecular formula is C8H8Br2N2S. The summed E-state index contributed by atoms with van der Waals surface area (Å²) in [6.45, 7) is 0. The third-order valence-electron chi connectivity index (χ3n) is 1.53. The summed E-state index contributed by atoms with van der Waals surface area (Å²) in [5, 5.41) is 0. The van der Waals surface area contributed by atoms with Crippen LogP contribution in [0.2, 0.25) is 0 Å². The second kappa shape index (κ2) is 5.13. The van der Waals surface area contributed by atoms with E-state index in [1.54, 1.807) is 11.3 Å². The zero-order valence-corrected chi connectivity index (χ0v) is 10.7. The molecule has 0 aliphatic carbocycles. The Kier molecular flexibility index (Phi) is 4.42. The monoisotopic (exact) mass is 322 g/mol. The molecule has 0 aliphatic heterocycles. The number of nitrogens with one attached hydrogen (secondary N) is 1. The molecular weight excluding hydrogens is 316 g/mol. The average Bonchev–Trinajstić information content (AvgIpc) is 2.43. The van der Waals surface area contributed by atoms with E-state index in [1.807, 2.05) is 6.07 Å². The van der Waals surface area contributed by atoms with E-state index in [0.29, 0.717) is 6.42 Å². The van der Waals surface area contributed by atoms with Crippen molar-refractivity contribution >= 4 is 43.2 Å². The fourth-order valence-corrected chi connectivity index (χ4v) is 3.04. The number of nitrogens with two attached hydrogens (primary N) is 1. The number of terminal acetylenes is 1. The lowest BCUT2D eigenvalue weighted by atomic mass is 10.2. The second-order valence-electron chi connectivity index (χ2n) is 2.40. The Morgan fingerprint density at radius 2 is 2.38 bits per heavy atom. The smallest absolute Gasteiger partial charge is 0.0843 e. The normalized spacial score (nSPS) is 12.5. The topological polar surface area (TPSA) is 38.0 Å². The van der Waals surface area contributed by atoms with Gasteiger partial charge in [0.15, 0.2) is 0 Å². The van der Waals surface area contributed by atoms with Gasteiger partial charge in [-0.05, 0) is 37.9 Å². The maximum absolute atomic E-state index is 5.38. The van der Waals surface area contributed by atoms with Gasteiger partial charge in [0.2, 0.25) is 0 Å². The molecule has 0 bridgehead atoms. The molecule has 1 aromatic heterocycles. The van der Waals surface area contributed by atoms with E-state index < -0.39 is 0 Å². The van der Waals surface area contributed by atoms with Gasteiger partial charge in [-0.25, -0.2) is 0 Å². The highest BCUT2D eigenvalue weighted by Gasteiger charge is 2.12. The van der Waals surface area contributed by atoms with Crippen LogP contribution < -0.4 is 11.3 Å². The van der Waals surface area contributed by atoms with E-state index in [4.69, 9.17) is 12.3 Å². The van der Waals surface area contributed by atoms with Gasteiger partial charge >= 0.3 is 0 Å². The average molecular weight is 324 g/mol. The summed E-state index contributed by atoms with van der Waals surface area (Å²) in [6, 6.07) is 2.05. The van der Waals surface area contributed by atoms with Gasteiger partial charge in [-0.1, -0.05) is 0 Å². The van der Waals surface area contributed by atoms with Crippen molar-refractivity contribution in [2.75, 3.05) is 0 Å². The number of rotatable bonds is 3. The van der Waals surface area contributed by atoms with Crippen LogP contribution in [0, 0.1) is 12.3 Å². The first-order chi connectivity index (χ1) is 6.19. The van der Waals surface area contributed by atoms with E-state index in [1.165, 1.54) is 0 Å². The second-order valence-corrected chi connectivity index (χ2v) is 5.65. The van der Waals surface area contributed by atoms with E-state index in [0.717, 1.165) is 13.1 Å². The highest BCUT2D eigenvalue weighted by Crippen LogP contribution is 2.35. The van der Waals surface area contributed by atoms with Crippen LogP contribution in [-0.4, -0.2) is 0 Å². The van der Waals surface area contributed by atoms with Crippen molar-refractivity contribution < 1.29 is 0 Å². The molecule has 0 saturated carbocycles. The van der Waals surface area contributed by atoms with Crippen LogP contribution in [0.3, 0.4) is 0 Å². The Bertz CT molecular complexity index is 310. The molecule has 70 valence electrons. The summed E-state index contributed by atoms with van der Waals surface area (Å²) < 4.78 is 2.09. The molecule has 2 nitrogen and oxygen atoms in total. The predicted octanol–water partition coefficient (Wildman–Crippen LogP) is 2.80. The maximum atomic E-state index is 5.38. The van der Waals surface area contributed by atoms with Gasteiger partial charge in [-0.3, -0.25) is 11.3 Å². The minimum atomic E-state index is 0.0394. The van der Waals surface area contributed by atoms with Crippen LogP contribution in [0.5, 0.6) is 0 Å². The van der Waals surface area contributed by atoms with Crippen molar-refractivity contribution in [2.45, 2.75) is 12.5 Å². The van der Waals surface area contributed by atoms with Gasteiger partial charge in [-0.15, -0.1) is 23.7 Å². The van der Waals surface area contributed by atoms with Crippen molar-refractivity contribution in [1.82, 2.24) is 5.43 Å². The van der Waals surface area contributed by atoms with Crippen LogP contribution in [0.4, 0.5) is 0 Å². The number of hydrazine groups is 1. The highest BCUT2D eigenvalue weighted by molar-refractivity contribution is 9.13. The molecule has 0 amide bonds. The van der Waals surface area contributed by atoms with Crippen LogP contribution in [-0.2, 0) is 0 Å². The zero-order valence-electron chi connectivity index (χ0n) is 6.68. The number of hydrogen-bond acceptors (Lipinski definition) is 3. The third kappa shape index (κ3) is 2.79. The Hall–Kier alpha value is 0.140. The first-order valence-electron chi connectivity index (χ1n) is 3.53. The van der Waals surface area contributed by atoms with E-state index >= 15 is 0 Å². The quantitative estimate of drug-likeness (QED) is 0.510. The molecule has 1 unspecified atom stereocenters. The van der Waals surface area contributed by atoms with Gasteiger partial charge in [0.05, 0.1) is 9.83 Å². The Morgan fingerprint density at radius 3 is 2.77 bits per heavy atom. The SMILES string of the molecule is C#CCC(NN)c1cc(Br)c(Br)s1. The largest absolute Gasteiger partial charge is 0.271 e. The summed E-state index contributed by atoms with van der Waals surface area (Å²) in [5.74, 6) is 7.96. The molecule has 0 spiro atoms. The zero-order chi connectivity index (χ0) is 9.84. The lowest BCUT2D eigenvalue weighted by molar-refractivity contribution is 0.577.